The number of hydrogen-bond acceptors (Lipinski definition) is 2. The fourth-order valence-corrected chi connectivity index (χ4v) is 2.54. The molecule has 0 saturated carbocycles. The summed E-state index contributed by atoms with van der Waals surface area (Å²) in [4.78, 5) is 25.5. The number of carbonyl (C=O) groups excluding carboxylic acids is 2. The molecule has 2 rings (SSSR count). The molecule has 2 amide bonds. The van der Waals surface area contributed by atoms with Gasteiger partial charge in [0.25, 0.3) is 5.91 Å². The van der Waals surface area contributed by atoms with Gasteiger partial charge in [-0.15, -0.1) is 11.6 Å². The SMILES string of the molecule is O=C(NC1CCN(C(=O)CCCl)CC1)c1ccc(F)cc1. The van der Waals surface area contributed by atoms with E-state index in [2.05, 4.69) is 5.32 Å². The average Bonchev–Trinajstić information content (AvgIpc) is 2.49. The van der Waals surface area contributed by atoms with E-state index in [1.165, 1.54) is 24.3 Å². The van der Waals surface area contributed by atoms with Gasteiger partial charge in [0, 0.05) is 37.0 Å². The van der Waals surface area contributed by atoms with Crippen LogP contribution in [-0.4, -0.2) is 41.7 Å². The van der Waals surface area contributed by atoms with Crippen LogP contribution in [0, 0.1) is 5.82 Å². The highest BCUT2D eigenvalue weighted by molar-refractivity contribution is 6.18. The number of hydrogen-bond donors (Lipinski definition) is 1. The van der Waals surface area contributed by atoms with E-state index < -0.39 is 0 Å². The third-order valence-corrected chi connectivity index (χ3v) is 3.79. The monoisotopic (exact) mass is 312 g/mol. The van der Waals surface area contributed by atoms with E-state index in [1.807, 2.05) is 0 Å². The van der Waals surface area contributed by atoms with Gasteiger partial charge in [0.1, 0.15) is 5.82 Å². The van der Waals surface area contributed by atoms with E-state index in [9.17, 15) is 14.0 Å². The molecule has 1 aromatic carbocycles. The maximum Gasteiger partial charge on any atom is 0.251 e. The van der Waals surface area contributed by atoms with Crippen molar-refractivity contribution in [3.8, 4) is 0 Å². The van der Waals surface area contributed by atoms with Crippen LogP contribution in [0.5, 0.6) is 0 Å². The lowest BCUT2D eigenvalue weighted by Crippen LogP contribution is -2.46. The first-order chi connectivity index (χ1) is 10.1. The van der Waals surface area contributed by atoms with Gasteiger partial charge in [-0.25, -0.2) is 4.39 Å². The van der Waals surface area contributed by atoms with Crippen molar-refractivity contribution in [2.45, 2.75) is 25.3 Å². The Morgan fingerprint density at radius 3 is 2.43 bits per heavy atom. The molecule has 1 aliphatic rings. The van der Waals surface area contributed by atoms with Crippen LogP contribution < -0.4 is 5.32 Å². The number of nitrogens with zero attached hydrogens (tertiary/aromatic N) is 1. The Hall–Kier alpha value is -1.62. The summed E-state index contributed by atoms with van der Waals surface area (Å²) in [5.74, 6) is -0.174. The zero-order valence-electron chi connectivity index (χ0n) is 11.6. The van der Waals surface area contributed by atoms with Crippen molar-refractivity contribution in [1.82, 2.24) is 10.2 Å². The second-order valence-electron chi connectivity index (χ2n) is 5.07. The van der Waals surface area contributed by atoms with Crippen molar-refractivity contribution >= 4 is 23.4 Å². The summed E-state index contributed by atoms with van der Waals surface area (Å²) >= 11 is 5.56. The molecule has 1 aliphatic heterocycles. The maximum absolute atomic E-state index is 12.8. The third-order valence-electron chi connectivity index (χ3n) is 3.60. The van der Waals surface area contributed by atoms with E-state index in [-0.39, 0.29) is 23.7 Å². The Balaban J connectivity index is 1.82. The molecular formula is C15H18ClFN2O2. The molecular weight excluding hydrogens is 295 g/mol. The molecule has 114 valence electrons. The fraction of sp³-hybridized carbons (Fsp3) is 0.467. The first kappa shape index (κ1) is 15.8. The van der Waals surface area contributed by atoms with Gasteiger partial charge in [0.05, 0.1) is 0 Å². The zero-order chi connectivity index (χ0) is 15.2. The molecule has 1 heterocycles. The normalized spacial score (nSPS) is 15.8. The van der Waals surface area contributed by atoms with Crippen LogP contribution in [0.15, 0.2) is 24.3 Å². The van der Waals surface area contributed by atoms with Crippen molar-refractivity contribution in [2.75, 3.05) is 19.0 Å². The highest BCUT2D eigenvalue weighted by Crippen LogP contribution is 2.13. The first-order valence-corrected chi connectivity index (χ1v) is 7.54. The van der Waals surface area contributed by atoms with E-state index in [0.717, 1.165) is 12.8 Å². The lowest BCUT2D eigenvalue weighted by molar-refractivity contribution is -0.131. The smallest absolute Gasteiger partial charge is 0.251 e. The standard InChI is InChI=1S/C15H18ClFN2O2/c16-8-5-14(20)19-9-6-13(7-10-19)18-15(21)11-1-3-12(17)4-2-11/h1-4,13H,5-10H2,(H,18,21). The summed E-state index contributed by atoms with van der Waals surface area (Å²) in [5.41, 5.74) is 0.442. The Bertz CT molecular complexity index is 499. The predicted octanol–water partition coefficient (Wildman–Crippen LogP) is 2.18. The Kier molecular flexibility index (Phi) is 5.56. The maximum atomic E-state index is 12.8. The lowest BCUT2D eigenvalue weighted by atomic mass is 10.0. The van der Waals surface area contributed by atoms with Gasteiger partial charge < -0.3 is 10.2 Å². The molecule has 21 heavy (non-hydrogen) atoms. The molecule has 0 atom stereocenters. The number of carbonyl (C=O) groups is 2. The highest BCUT2D eigenvalue weighted by atomic mass is 35.5. The van der Waals surface area contributed by atoms with Gasteiger partial charge >= 0.3 is 0 Å². The van der Waals surface area contributed by atoms with Gasteiger partial charge in [-0.05, 0) is 37.1 Å². The summed E-state index contributed by atoms with van der Waals surface area (Å²) < 4.78 is 12.8. The van der Waals surface area contributed by atoms with Crippen LogP contribution in [0.3, 0.4) is 0 Å². The number of amides is 2. The molecule has 1 saturated heterocycles. The Morgan fingerprint density at radius 1 is 1.24 bits per heavy atom. The second kappa shape index (κ2) is 7.41. The van der Waals surface area contributed by atoms with Crippen LogP contribution in [0.4, 0.5) is 4.39 Å². The largest absolute Gasteiger partial charge is 0.349 e. The molecule has 6 heteroatoms. The number of benzene rings is 1. The number of nitrogens with one attached hydrogen (secondary N) is 1. The molecule has 1 fully saturated rings. The van der Waals surface area contributed by atoms with Crippen molar-refractivity contribution in [3.63, 3.8) is 0 Å². The zero-order valence-corrected chi connectivity index (χ0v) is 12.4. The topological polar surface area (TPSA) is 49.4 Å². The molecule has 0 spiro atoms. The quantitative estimate of drug-likeness (QED) is 0.866. The Morgan fingerprint density at radius 2 is 1.86 bits per heavy atom. The number of halogens is 2. The fourth-order valence-electron chi connectivity index (χ4n) is 2.38. The second-order valence-corrected chi connectivity index (χ2v) is 5.45. The van der Waals surface area contributed by atoms with Crippen LogP contribution in [0.25, 0.3) is 0 Å². The van der Waals surface area contributed by atoms with Gasteiger partial charge in [-0.1, -0.05) is 0 Å². The third kappa shape index (κ3) is 4.43. The summed E-state index contributed by atoms with van der Waals surface area (Å²) in [6, 6.07) is 5.50. The van der Waals surface area contributed by atoms with E-state index in [1.54, 1.807) is 4.90 Å². The van der Waals surface area contributed by atoms with Crippen LogP contribution in [0.1, 0.15) is 29.6 Å². The summed E-state index contributed by atoms with van der Waals surface area (Å²) in [7, 11) is 0. The first-order valence-electron chi connectivity index (χ1n) is 7.00. The molecule has 0 aliphatic carbocycles. The minimum Gasteiger partial charge on any atom is -0.349 e. The number of piperidine rings is 1. The molecule has 1 aromatic rings. The van der Waals surface area contributed by atoms with E-state index >= 15 is 0 Å². The average molecular weight is 313 g/mol. The van der Waals surface area contributed by atoms with E-state index in [0.29, 0.717) is 31.0 Å². The highest BCUT2D eigenvalue weighted by Gasteiger charge is 2.23. The number of alkyl halides is 1. The molecule has 0 bridgehead atoms. The minimum atomic E-state index is -0.363. The Labute approximate surface area is 128 Å². The van der Waals surface area contributed by atoms with Crippen LogP contribution in [0.2, 0.25) is 0 Å². The minimum absolute atomic E-state index is 0.0441. The molecule has 0 radical (unpaired) electrons. The van der Waals surface area contributed by atoms with Crippen molar-refractivity contribution < 1.29 is 14.0 Å². The number of rotatable bonds is 4. The number of likely N-dealkylation sites (tertiary alicyclic amines) is 1. The van der Waals surface area contributed by atoms with Gasteiger partial charge in [-0.2, -0.15) is 0 Å². The van der Waals surface area contributed by atoms with Crippen molar-refractivity contribution in [1.29, 1.82) is 0 Å². The summed E-state index contributed by atoms with van der Waals surface area (Å²) in [5, 5.41) is 2.92. The van der Waals surface area contributed by atoms with E-state index in [4.69, 9.17) is 11.6 Å². The van der Waals surface area contributed by atoms with Crippen LogP contribution in [-0.2, 0) is 4.79 Å². The predicted molar refractivity (Wildman–Crippen MR) is 78.8 cm³/mol. The summed E-state index contributed by atoms with van der Waals surface area (Å²) in [6.07, 6.45) is 1.80. The van der Waals surface area contributed by atoms with Crippen LogP contribution >= 0.6 is 11.6 Å². The van der Waals surface area contributed by atoms with Gasteiger partial charge in [-0.3, -0.25) is 9.59 Å². The molecule has 0 aromatic heterocycles. The van der Waals surface area contributed by atoms with Crippen molar-refractivity contribution in [3.05, 3.63) is 35.6 Å². The summed E-state index contributed by atoms with van der Waals surface area (Å²) in [6.45, 7) is 1.26. The molecule has 1 N–H and O–H groups in total. The molecule has 0 unspecified atom stereocenters. The van der Waals surface area contributed by atoms with Crippen molar-refractivity contribution in [2.24, 2.45) is 0 Å². The van der Waals surface area contributed by atoms with Gasteiger partial charge in [0.2, 0.25) is 5.91 Å². The lowest BCUT2D eigenvalue weighted by Gasteiger charge is -2.32. The van der Waals surface area contributed by atoms with Gasteiger partial charge in [0.15, 0.2) is 0 Å². The molecule has 4 nitrogen and oxygen atoms in total.